The third kappa shape index (κ3) is 5.70. The first-order valence-electron chi connectivity index (χ1n) is 8.86. The van der Waals surface area contributed by atoms with Crippen LogP contribution in [-0.4, -0.2) is 19.6 Å². The second-order valence-electron chi connectivity index (χ2n) is 6.29. The predicted molar refractivity (Wildman–Crippen MR) is 124 cm³/mol. The molecule has 9 heteroatoms. The second-order valence-corrected chi connectivity index (χ2v) is 10.2. The molecule has 0 aliphatic carbocycles. The fourth-order valence-corrected chi connectivity index (χ4v) is 4.97. The van der Waals surface area contributed by atoms with Crippen molar-refractivity contribution in [3.63, 3.8) is 0 Å². The summed E-state index contributed by atoms with van der Waals surface area (Å²) >= 11 is 13.5. The van der Waals surface area contributed by atoms with E-state index in [0.29, 0.717) is 21.4 Å². The van der Waals surface area contributed by atoms with Gasteiger partial charge in [-0.25, -0.2) is 8.42 Å². The highest BCUT2D eigenvalue weighted by atomic mass is 35.5. The zero-order valence-electron chi connectivity index (χ0n) is 15.8. The van der Waals surface area contributed by atoms with E-state index >= 15 is 0 Å². The molecule has 0 heterocycles. The first-order chi connectivity index (χ1) is 14.3. The minimum absolute atomic E-state index is 0.0545. The van der Waals surface area contributed by atoms with E-state index in [9.17, 15) is 13.2 Å². The monoisotopic (exact) mass is 480 g/mol. The molecule has 1 amide bonds. The average molecular weight is 481 g/mol. The van der Waals surface area contributed by atoms with Crippen LogP contribution in [0.1, 0.15) is 6.92 Å². The fourth-order valence-electron chi connectivity index (χ4n) is 2.49. The second kappa shape index (κ2) is 9.75. The molecule has 0 aromatic heterocycles. The Morgan fingerprint density at radius 1 is 0.900 bits per heavy atom. The lowest BCUT2D eigenvalue weighted by atomic mass is 10.3. The van der Waals surface area contributed by atoms with Crippen LogP contribution in [0.4, 0.5) is 11.4 Å². The van der Waals surface area contributed by atoms with Gasteiger partial charge in [0.05, 0.1) is 25.9 Å². The molecule has 0 saturated heterocycles. The number of hydrogen-bond acceptors (Lipinski definition) is 4. The number of nitrogens with one attached hydrogen (secondary N) is 2. The number of benzene rings is 3. The number of carbonyl (C=O) groups excluding carboxylic acids is 1. The number of thioether (sulfide) groups is 1. The van der Waals surface area contributed by atoms with Crippen molar-refractivity contribution in [3.05, 3.63) is 82.8 Å². The van der Waals surface area contributed by atoms with Gasteiger partial charge < -0.3 is 5.32 Å². The Morgan fingerprint density at radius 2 is 1.50 bits per heavy atom. The summed E-state index contributed by atoms with van der Waals surface area (Å²) in [6.07, 6.45) is 0. The molecule has 1 atom stereocenters. The maximum atomic E-state index is 12.6. The van der Waals surface area contributed by atoms with E-state index in [1.165, 1.54) is 36.0 Å². The van der Waals surface area contributed by atoms with Crippen molar-refractivity contribution in [2.45, 2.75) is 22.0 Å². The number of amides is 1. The molecule has 156 valence electrons. The molecular weight excluding hydrogens is 463 g/mol. The molecule has 0 aliphatic rings. The fraction of sp³-hybridized carbons (Fsp3) is 0.0952. The summed E-state index contributed by atoms with van der Waals surface area (Å²) < 4.78 is 27.6. The molecule has 0 saturated carbocycles. The van der Waals surface area contributed by atoms with Crippen LogP contribution in [0.15, 0.2) is 82.6 Å². The van der Waals surface area contributed by atoms with Gasteiger partial charge in [0.1, 0.15) is 0 Å². The molecule has 0 bridgehead atoms. The van der Waals surface area contributed by atoms with E-state index in [2.05, 4.69) is 10.0 Å². The number of carbonyl (C=O) groups is 1. The van der Waals surface area contributed by atoms with Gasteiger partial charge in [0, 0.05) is 10.6 Å². The van der Waals surface area contributed by atoms with Gasteiger partial charge in [-0.1, -0.05) is 47.5 Å². The van der Waals surface area contributed by atoms with E-state index in [1.54, 1.807) is 37.3 Å². The SMILES string of the molecule is C[C@@H](Sc1ccccc1Cl)C(=O)Nc1ccc(S(=O)(=O)Nc2ccccc2Cl)cc1. The summed E-state index contributed by atoms with van der Waals surface area (Å²) in [5.41, 5.74) is 0.783. The molecule has 3 rings (SSSR count). The quantitative estimate of drug-likeness (QED) is 0.411. The van der Waals surface area contributed by atoms with Gasteiger partial charge in [-0.2, -0.15) is 0 Å². The highest BCUT2D eigenvalue weighted by Gasteiger charge is 2.18. The summed E-state index contributed by atoms with van der Waals surface area (Å²) in [4.78, 5) is 13.3. The maximum absolute atomic E-state index is 12.6. The highest BCUT2D eigenvalue weighted by molar-refractivity contribution is 8.00. The minimum atomic E-state index is -3.81. The molecule has 2 N–H and O–H groups in total. The van der Waals surface area contributed by atoms with Gasteiger partial charge in [-0.3, -0.25) is 9.52 Å². The van der Waals surface area contributed by atoms with Crippen molar-refractivity contribution in [2.24, 2.45) is 0 Å². The van der Waals surface area contributed by atoms with Gasteiger partial charge >= 0.3 is 0 Å². The third-order valence-electron chi connectivity index (χ3n) is 4.06. The molecule has 0 radical (unpaired) electrons. The predicted octanol–water partition coefficient (Wildman–Crippen LogP) is 5.91. The third-order valence-corrected chi connectivity index (χ3v) is 7.39. The van der Waals surface area contributed by atoms with Gasteiger partial charge in [0.25, 0.3) is 10.0 Å². The van der Waals surface area contributed by atoms with Crippen molar-refractivity contribution in [1.29, 1.82) is 0 Å². The molecule has 0 fully saturated rings. The van der Waals surface area contributed by atoms with Crippen LogP contribution in [0.25, 0.3) is 0 Å². The van der Waals surface area contributed by atoms with E-state index < -0.39 is 15.3 Å². The summed E-state index contributed by atoms with van der Waals surface area (Å²) in [6, 6.07) is 19.8. The first kappa shape index (κ1) is 22.5. The van der Waals surface area contributed by atoms with Crippen molar-refractivity contribution in [2.75, 3.05) is 10.0 Å². The van der Waals surface area contributed by atoms with E-state index in [0.717, 1.165) is 4.90 Å². The normalized spacial score (nSPS) is 12.2. The molecule has 0 spiro atoms. The summed E-state index contributed by atoms with van der Waals surface area (Å²) in [7, 11) is -3.81. The van der Waals surface area contributed by atoms with Crippen LogP contribution in [0.2, 0.25) is 10.0 Å². The van der Waals surface area contributed by atoms with Crippen molar-refractivity contribution in [1.82, 2.24) is 0 Å². The number of halogens is 2. The van der Waals surface area contributed by atoms with E-state index in [1.807, 2.05) is 18.2 Å². The molecule has 0 aliphatic heterocycles. The summed E-state index contributed by atoms with van der Waals surface area (Å²) in [5, 5.41) is 3.27. The number of anilines is 2. The molecule has 3 aromatic carbocycles. The zero-order chi connectivity index (χ0) is 21.7. The number of para-hydroxylation sites is 1. The number of rotatable bonds is 7. The Balaban J connectivity index is 1.66. The zero-order valence-corrected chi connectivity index (χ0v) is 18.9. The van der Waals surface area contributed by atoms with Crippen molar-refractivity contribution in [3.8, 4) is 0 Å². The largest absolute Gasteiger partial charge is 0.325 e. The maximum Gasteiger partial charge on any atom is 0.261 e. The summed E-state index contributed by atoms with van der Waals surface area (Å²) in [5.74, 6) is -0.218. The summed E-state index contributed by atoms with van der Waals surface area (Å²) in [6.45, 7) is 1.77. The Labute approximate surface area is 189 Å². The van der Waals surface area contributed by atoms with Gasteiger partial charge in [0.15, 0.2) is 0 Å². The number of sulfonamides is 1. The van der Waals surface area contributed by atoms with Crippen LogP contribution in [-0.2, 0) is 14.8 Å². The average Bonchev–Trinajstić information content (AvgIpc) is 2.71. The van der Waals surface area contributed by atoms with Crippen LogP contribution >= 0.6 is 35.0 Å². The minimum Gasteiger partial charge on any atom is -0.325 e. The molecule has 0 unspecified atom stereocenters. The lowest BCUT2D eigenvalue weighted by Gasteiger charge is -2.13. The first-order valence-corrected chi connectivity index (χ1v) is 12.0. The van der Waals surface area contributed by atoms with Gasteiger partial charge in [-0.05, 0) is 55.5 Å². The molecule has 3 aromatic rings. The Bertz CT molecular complexity index is 1150. The molecule has 30 heavy (non-hydrogen) atoms. The van der Waals surface area contributed by atoms with Crippen molar-refractivity contribution >= 4 is 62.3 Å². The molecule has 5 nitrogen and oxygen atoms in total. The smallest absolute Gasteiger partial charge is 0.261 e. The standard InChI is InChI=1S/C21H18Cl2N2O3S2/c1-14(29-20-9-5-3-7-18(20)23)21(26)24-15-10-12-16(13-11-15)30(27,28)25-19-8-4-2-6-17(19)22/h2-14,25H,1H3,(H,24,26)/t14-/m1/s1. The lowest BCUT2D eigenvalue weighted by Crippen LogP contribution is -2.22. The Morgan fingerprint density at radius 3 is 2.13 bits per heavy atom. The van der Waals surface area contributed by atoms with Crippen LogP contribution in [0.5, 0.6) is 0 Å². The Hall–Kier alpha value is -2.19. The lowest BCUT2D eigenvalue weighted by molar-refractivity contribution is -0.115. The van der Waals surface area contributed by atoms with Crippen LogP contribution in [0.3, 0.4) is 0 Å². The molecular formula is C21H18Cl2N2O3S2. The van der Waals surface area contributed by atoms with Gasteiger partial charge in [-0.15, -0.1) is 11.8 Å². The Kier molecular flexibility index (Phi) is 7.31. The van der Waals surface area contributed by atoms with E-state index in [4.69, 9.17) is 23.2 Å². The van der Waals surface area contributed by atoms with E-state index in [-0.39, 0.29) is 10.8 Å². The van der Waals surface area contributed by atoms with Crippen LogP contribution in [0, 0.1) is 0 Å². The highest BCUT2D eigenvalue weighted by Crippen LogP contribution is 2.30. The van der Waals surface area contributed by atoms with Crippen LogP contribution < -0.4 is 10.0 Å². The van der Waals surface area contributed by atoms with Gasteiger partial charge in [0.2, 0.25) is 5.91 Å². The van der Waals surface area contributed by atoms with Crippen molar-refractivity contribution < 1.29 is 13.2 Å². The number of hydrogen-bond donors (Lipinski definition) is 2. The topological polar surface area (TPSA) is 75.3 Å².